The van der Waals surface area contributed by atoms with Crippen LogP contribution in [0, 0.1) is 0 Å². The van der Waals surface area contributed by atoms with Gasteiger partial charge in [0, 0.05) is 16.5 Å². The highest BCUT2D eigenvalue weighted by Gasteiger charge is 2.10. The van der Waals surface area contributed by atoms with E-state index in [0.717, 1.165) is 5.56 Å². The van der Waals surface area contributed by atoms with E-state index in [4.69, 9.17) is 33.0 Å². The van der Waals surface area contributed by atoms with Crippen molar-refractivity contribution >= 4 is 29.2 Å². The van der Waals surface area contributed by atoms with Crippen LogP contribution in [-0.2, 0) is 6.42 Å². The summed E-state index contributed by atoms with van der Waals surface area (Å²) in [5, 5.41) is 10.2. The zero-order valence-electron chi connectivity index (χ0n) is 10.5. The summed E-state index contributed by atoms with van der Waals surface area (Å²) in [6, 6.07) is 11.8. The molecule has 1 N–H and O–H groups in total. The van der Waals surface area contributed by atoms with Gasteiger partial charge in [0.15, 0.2) is 0 Å². The molecule has 0 aliphatic carbocycles. The van der Waals surface area contributed by atoms with Crippen molar-refractivity contribution in [2.24, 2.45) is 0 Å². The van der Waals surface area contributed by atoms with Gasteiger partial charge in [-0.05, 0) is 29.8 Å². The Balaban J connectivity index is 2.01. The van der Waals surface area contributed by atoms with Gasteiger partial charge in [-0.15, -0.1) is 0 Å². The molecular formula is C15H12Cl2O3. The molecule has 2 aromatic carbocycles. The number of carboxylic acid groups (broad SMARTS) is 1. The molecular weight excluding hydrogens is 299 g/mol. The van der Waals surface area contributed by atoms with Crippen LogP contribution >= 0.6 is 23.2 Å². The zero-order valence-corrected chi connectivity index (χ0v) is 12.0. The van der Waals surface area contributed by atoms with Crippen molar-refractivity contribution in [1.82, 2.24) is 0 Å². The first-order chi connectivity index (χ1) is 9.58. The molecule has 3 nitrogen and oxygen atoms in total. The van der Waals surface area contributed by atoms with Gasteiger partial charge in [0.1, 0.15) is 11.3 Å². The van der Waals surface area contributed by atoms with E-state index in [0.29, 0.717) is 28.8 Å². The van der Waals surface area contributed by atoms with Crippen LogP contribution in [-0.4, -0.2) is 17.7 Å². The maximum absolute atomic E-state index is 11.0. The average Bonchev–Trinajstić information content (AvgIpc) is 2.41. The normalized spacial score (nSPS) is 10.3. The molecule has 0 fully saturated rings. The predicted octanol–water partition coefficient (Wildman–Crippen LogP) is 4.31. The monoisotopic (exact) mass is 310 g/mol. The van der Waals surface area contributed by atoms with Crippen molar-refractivity contribution in [3.63, 3.8) is 0 Å². The molecule has 0 saturated heterocycles. The van der Waals surface area contributed by atoms with Crippen LogP contribution in [0.2, 0.25) is 10.0 Å². The first-order valence-electron chi connectivity index (χ1n) is 5.97. The molecule has 0 amide bonds. The van der Waals surface area contributed by atoms with E-state index in [2.05, 4.69) is 0 Å². The standard InChI is InChI=1S/C15H12Cl2O3/c16-11-6-5-10(13(17)9-11)7-8-20-14-4-2-1-3-12(14)15(18)19/h1-6,9H,7-8H2,(H,18,19). The SMILES string of the molecule is O=C(O)c1ccccc1OCCc1ccc(Cl)cc1Cl. The molecule has 0 aromatic heterocycles. The number of rotatable bonds is 5. The third kappa shape index (κ3) is 3.65. The van der Waals surface area contributed by atoms with Gasteiger partial charge in [-0.3, -0.25) is 0 Å². The lowest BCUT2D eigenvalue weighted by molar-refractivity contribution is 0.0692. The Morgan fingerprint density at radius 1 is 1.15 bits per heavy atom. The highest BCUT2D eigenvalue weighted by atomic mass is 35.5. The fourth-order valence-corrected chi connectivity index (χ4v) is 2.27. The minimum absolute atomic E-state index is 0.148. The Hall–Kier alpha value is -1.71. The molecule has 0 bridgehead atoms. The van der Waals surface area contributed by atoms with Crippen molar-refractivity contribution < 1.29 is 14.6 Å². The molecule has 20 heavy (non-hydrogen) atoms. The lowest BCUT2D eigenvalue weighted by Gasteiger charge is -2.09. The Bertz CT molecular complexity index is 626. The Labute approximate surface area is 126 Å². The summed E-state index contributed by atoms with van der Waals surface area (Å²) in [5.74, 6) is -0.657. The van der Waals surface area contributed by atoms with Crippen LogP contribution in [0.1, 0.15) is 15.9 Å². The molecule has 104 valence electrons. The first-order valence-corrected chi connectivity index (χ1v) is 6.72. The molecule has 0 radical (unpaired) electrons. The largest absolute Gasteiger partial charge is 0.492 e. The van der Waals surface area contributed by atoms with Crippen molar-refractivity contribution in [3.05, 3.63) is 63.6 Å². The van der Waals surface area contributed by atoms with Gasteiger partial charge in [0.25, 0.3) is 0 Å². The summed E-state index contributed by atoms with van der Waals surface area (Å²) in [4.78, 5) is 11.0. The van der Waals surface area contributed by atoms with E-state index in [1.165, 1.54) is 6.07 Å². The summed E-state index contributed by atoms with van der Waals surface area (Å²) < 4.78 is 5.52. The van der Waals surface area contributed by atoms with Crippen molar-refractivity contribution in [1.29, 1.82) is 0 Å². The Morgan fingerprint density at radius 3 is 2.60 bits per heavy atom. The first kappa shape index (κ1) is 14.7. The number of ether oxygens (including phenoxy) is 1. The van der Waals surface area contributed by atoms with Gasteiger partial charge >= 0.3 is 5.97 Å². The number of carboxylic acids is 1. The third-order valence-corrected chi connectivity index (χ3v) is 3.35. The second-order valence-corrected chi connectivity index (χ2v) is 4.98. The Kier molecular flexibility index (Phi) is 4.88. The number of hydrogen-bond acceptors (Lipinski definition) is 2. The maximum atomic E-state index is 11.0. The van der Waals surface area contributed by atoms with Crippen LogP contribution in [0.15, 0.2) is 42.5 Å². The van der Waals surface area contributed by atoms with E-state index in [1.54, 1.807) is 30.3 Å². The smallest absolute Gasteiger partial charge is 0.339 e. The fourth-order valence-electron chi connectivity index (χ4n) is 1.76. The quantitative estimate of drug-likeness (QED) is 0.895. The summed E-state index contributed by atoms with van der Waals surface area (Å²) >= 11 is 11.9. The molecule has 5 heteroatoms. The van der Waals surface area contributed by atoms with Crippen LogP contribution in [0.25, 0.3) is 0 Å². The topological polar surface area (TPSA) is 46.5 Å². The number of hydrogen-bond donors (Lipinski definition) is 1. The average molecular weight is 311 g/mol. The summed E-state index contributed by atoms with van der Waals surface area (Å²) in [6.07, 6.45) is 0.573. The van der Waals surface area contributed by atoms with Crippen molar-refractivity contribution in [3.8, 4) is 5.75 Å². The van der Waals surface area contributed by atoms with Gasteiger partial charge < -0.3 is 9.84 Å². The van der Waals surface area contributed by atoms with E-state index in [9.17, 15) is 4.79 Å². The molecule has 2 aromatic rings. The maximum Gasteiger partial charge on any atom is 0.339 e. The lowest BCUT2D eigenvalue weighted by atomic mass is 10.1. The highest BCUT2D eigenvalue weighted by molar-refractivity contribution is 6.35. The summed E-state index contributed by atoms with van der Waals surface area (Å²) in [6.45, 7) is 0.339. The van der Waals surface area contributed by atoms with E-state index in [-0.39, 0.29) is 5.56 Å². The van der Waals surface area contributed by atoms with Gasteiger partial charge in [0.05, 0.1) is 6.61 Å². The van der Waals surface area contributed by atoms with Crippen molar-refractivity contribution in [2.45, 2.75) is 6.42 Å². The van der Waals surface area contributed by atoms with Crippen LogP contribution in [0.4, 0.5) is 0 Å². The Morgan fingerprint density at radius 2 is 1.90 bits per heavy atom. The fraction of sp³-hybridized carbons (Fsp3) is 0.133. The minimum atomic E-state index is -1.01. The van der Waals surface area contributed by atoms with Crippen LogP contribution in [0.3, 0.4) is 0 Å². The number of halogens is 2. The summed E-state index contributed by atoms with van der Waals surface area (Å²) in [5.41, 5.74) is 1.05. The molecule has 0 spiro atoms. The predicted molar refractivity (Wildman–Crippen MR) is 79.1 cm³/mol. The van der Waals surface area contributed by atoms with Crippen LogP contribution < -0.4 is 4.74 Å². The molecule has 0 heterocycles. The third-order valence-electron chi connectivity index (χ3n) is 2.76. The number of aromatic carboxylic acids is 1. The number of carbonyl (C=O) groups is 1. The van der Waals surface area contributed by atoms with Gasteiger partial charge in [-0.1, -0.05) is 41.4 Å². The van der Waals surface area contributed by atoms with E-state index < -0.39 is 5.97 Å². The van der Waals surface area contributed by atoms with Gasteiger partial charge in [0.2, 0.25) is 0 Å². The molecule has 0 atom stereocenters. The molecule has 0 unspecified atom stereocenters. The second kappa shape index (κ2) is 6.64. The van der Waals surface area contributed by atoms with Crippen molar-refractivity contribution in [2.75, 3.05) is 6.61 Å². The van der Waals surface area contributed by atoms with E-state index in [1.807, 2.05) is 6.07 Å². The highest BCUT2D eigenvalue weighted by Crippen LogP contribution is 2.22. The zero-order chi connectivity index (χ0) is 14.5. The molecule has 0 aliphatic rings. The number of benzene rings is 2. The van der Waals surface area contributed by atoms with E-state index >= 15 is 0 Å². The lowest BCUT2D eigenvalue weighted by Crippen LogP contribution is -2.06. The van der Waals surface area contributed by atoms with Gasteiger partial charge in [-0.25, -0.2) is 4.79 Å². The van der Waals surface area contributed by atoms with Crippen LogP contribution in [0.5, 0.6) is 5.75 Å². The molecule has 0 aliphatic heterocycles. The second-order valence-electron chi connectivity index (χ2n) is 4.14. The minimum Gasteiger partial charge on any atom is -0.492 e. The number of para-hydroxylation sites is 1. The molecule has 0 saturated carbocycles. The summed E-state index contributed by atoms with van der Waals surface area (Å²) in [7, 11) is 0. The van der Waals surface area contributed by atoms with Gasteiger partial charge in [-0.2, -0.15) is 0 Å². The molecule has 2 rings (SSSR count).